The maximum atomic E-state index is 7.16. The first-order valence-electron chi connectivity index (χ1n) is 10.3. The quantitative estimate of drug-likeness (QED) is 0.413. The topological polar surface area (TPSA) is 46.2 Å². The van der Waals surface area contributed by atoms with E-state index in [1.54, 1.807) is 35.5 Å². The largest absolute Gasteiger partial charge is 0.497 e. The predicted molar refractivity (Wildman–Crippen MR) is 125 cm³/mol. The molecule has 0 saturated heterocycles. The highest BCUT2D eigenvalue weighted by Gasteiger charge is 2.44. The number of methoxy groups -OCH3 is 5. The fraction of sp³-hybridized carbons (Fsp3) is 0.308. The Morgan fingerprint density at radius 2 is 1.16 bits per heavy atom. The van der Waals surface area contributed by atoms with Gasteiger partial charge in [0.05, 0.1) is 40.9 Å². The van der Waals surface area contributed by atoms with E-state index in [-0.39, 0.29) is 17.2 Å². The van der Waals surface area contributed by atoms with Crippen LogP contribution in [0.2, 0.25) is 0 Å². The minimum absolute atomic E-state index is 0.0459. The Kier molecular flexibility index (Phi) is 6.38. The molecule has 0 amide bonds. The predicted octanol–water partition coefficient (Wildman–Crippen LogP) is 5.94. The summed E-state index contributed by atoms with van der Waals surface area (Å²) in [5, 5.41) is -0.287. The maximum absolute atomic E-state index is 7.16. The molecule has 1 aliphatic carbocycles. The van der Waals surface area contributed by atoms with Gasteiger partial charge in [0.25, 0.3) is 0 Å². The van der Waals surface area contributed by atoms with Crippen molar-refractivity contribution in [3.8, 4) is 28.7 Å². The number of ether oxygens (including phenoxy) is 5. The maximum Gasteiger partial charge on any atom is 0.126 e. The van der Waals surface area contributed by atoms with Gasteiger partial charge in [0.1, 0.15) is 28.7 Å². The van der Waals surface area contributed by atoms with Gasteiger partial charge in [-0.05, 0) is 47.0 Å². The third-order valence-corrected chi connectivity index (χ3v) is 6.63. The number of benzene rings is 3. The molecule has 0 saturated carbocycles. The molecule has 3 aromatic rings. The summed E-state index contributed by atoms with van der Waals surface area (Å²) < 4.78 is 27.8. The van der Waals surface area contributed by atoms with Gasteiger partial charge in [-0.25, -0.2) is 0 Å². The molecule has 0 bridgehead atoms. The van der Waals surface area contributed by atoms with Crippen LogP contribution in [-0.4, -0.2) is 35.5 Å². The zero-order valence-corrected chi connectivity index (χ0v) is 19.6. The van der Waals surface area contributed by atoms with Gasteiger partial charge in [-0.1, -0.05) is 12.1 Å². The van der Waals surface area contributed by atoms with E-state index in [2.05, 4.69) is 12.1 Å². The Balaban J connectivity index is 1.96. The van der Waals surface area contributed by atoms with Crippen molar-refractivity contribution in [3.05, 3.63) is 76.9 Å². The highest BCUT2D eigenvalue weighted by atomic mass is 35.5. The van der Waals surface area contributed by atoms with Crippen LogP contribution in [0.1, 0.15) is 39.5 Å². The minimum Gasteiger partial charge on any atom is -0.497 e. The van der Waals surface area contributed by atoms with Crippen LogP contribution < -0.4 is 23.7 Å². The van der Waals surface area contributed by atoms with Crippen LogP contribution >= 0.6 is 11.6 Å². The molecular weight excluding hydrogens is 428 g/mol. The van der Waals surface area contributed by atoms with Crippen molar-refractivity contribution in [2.45, 2.75) is 17.2 Å². The average Bonchev–Trinajstić information content (AvgIpc) is 3.15. The molecule has 1 aliphatic rings. The van der Waals surface area contributed by atoms with E-state index >= 15 is 0 Å². The Morgan fingerprint density at radius 1 is 0.594 bits per heavy atom. The Hall–Kier alpha value is -3.05. The molecule has 3 atom stereocenters. The lowest BCUT2D eigenvalue weighted by Crippen LogP contribution is -2.10. The molecule has 4 rings (SSSR count). The first-order chi connectivity index (χ1) is 15.5. The van der Waals surface area contributed by atoms with Crippen LogP contribution in [0.15, 0.2) is 54.6 Å². The summed E-state index contributed by atoms with van der Waals surface area (Å²) >= 11 is 7.16. The van der Waals surface area contributed by atoms with Crippen molar-refractivity contribution in [2.24, 2.45) is 0 Å². The number of rotatable bonds is 7. The summed E-state index contributed by atoms with van der Waals surface area (Å²) in [5.41, 5.74) is 4.18. The molecule has 0 unspecified atom stereocenters. The number of fused-ring (bicyclic) bond motifs is 1. The van der Waals surface area contributed by atoms with Gasteiger partial charge in [-0.3, -0.25) is 0 Å². The third-order valence-electron chi connectivity index (χ3n) is 6.12. The van der Waals surface area contributed by atoms with Gasteiger partial charge in [0, 0.05) is 29.5 Å². The fourth-order valence-corrected chi connectivity index (χ4v) is 5.05. The minimum atomic E-state index is -0.287. The molecule has 0 radical (unpaired) electrons. The Bertz CT molecular complexity index is 1070. The molecule has 0 aromatic heterocycles. The van der Waals surface area contributed by atoms with E-state index in [1.807, 2.05) is 42.5 Å². The first kappa shape index (κ1) is 22.2. The second-order valence-corrected chi connectivity index (χ2v) is 8.13. The van der Waals surface area contributed by atoms with Gasteiger partial charge in [-0.2, -0.15) is 0 Å². The van der Waals surface area contributed by atoms with Crippen LogP contribution in [0.25, 0.3) is 0 Å². The van der Waals surface area contributed by atoms with E-state index in [4.69, 9.17) is 35.3 Å². The van der Waals surface area contributed by atoms with E-state index in [9.17, 15) is 0 Å². The Morgan fingerprint density at radius 3 is 1.69 bits per heavy atom. The SMILES string of the molecule is COc1ccc([C@@H]2[C@@H](c3cc(OC)cc(OC)c3)c3c(OC)cc(OC)cc3[C@H]2Cl)cc1. The summed E-state index contributed by atoms with van der Waals surface area (Å²) in [6.07, 6.45) is 0. The van der Waals surface area contributed by atoms with Crippen molar-refractivity contribution in [1.29, 1.82) is 0 Å². The normalized spacial score (nSPS) is 19.2. The lowest BCUT2D eigenvalue weighted by molar-refractivity contribution is 0.388. The van der Waals surface area contributed by atoms with E-state index in [0.29, 0.717) is 5.75 Å². The molecule has 0 N–H and O–H groups in total. The van der Waals surface area contributed by atoms with Crippen LogP contribution in [0.3, 0.4) is 0 Å². The molecular formula is C26H27ClO5. The van der Waals surface area contributed by atoms with Crippen molar-refractivity contribution in [1.82, 2.24) is 0 Å². The fourth-order valence-electron chi connectivity index (χ4n) is 4.58. The molecule has 0 aliphatic heterocycles. The van der Waals surface area contributed by atoms with Gasteiger partial charge in [-0.15, -0.1) is 11.6 Å². The molecule has 5 nitrogen and oxygen atoms in total. The van der Waals surface area contributed by atoms with E-state index in [0.717, 1.165) is 45.3 Å². The monoisotopic (exact) mass is 454 g/mol. The average molecular weight is 455 g/mol. The third kappa shape index (κ3) is 3.82. The molecule has 0 spiro atoms. The van der Waals surface area contributed by atoms with Crippen molar-refractivity contribution in [3.63, 3.8) is 0 Å². The summed E-state index contributed by atoms with van der Waals surface area (Å²) in [6.45, 7) is 0. The summed E-state index contributed by atoms with van der Waals surface area (Å²) in [4.78, 5) is 0. The second kappa shape index (κ2) is 9.21. The second-order valence-electron chi connectivity index (χ2n) is 7.66. The molecule has 0 fully saturated rings. The van der Waals surface area contributed by atoms with Crippen molar-refractivity contribution >= 4 is 11.6 Å². The molecule has 32 heavy (non-hydrogen) atoms. The lowest BCUT2D eigenvalue weighted by Gasteiger charge is -2.25. The Labute approximate surface area is 193 Å². The van der Waals surface area contributed by atoms with Crippen LogP contribution in [0.5, 0.6) is 28.7 Å². The summed E-state index contributed by atoms with van der Waals surface area (Å²) in [6, 6.07) is 17.9. The van der Waals surface area contributed by atoms with Crippen molar-refractivity contribution < 1.29 is 23.7 Å². The number of hydrogen-bond acceptors (Lipinski definition) is 5. The van der Waals surface area contributed by atoms with Gasteiger partial charge < -0.3 is 23.7 Å². The number of hydrogen-bond donors (Lipinski definition) is 0. The number of halogens is 1. The van der Waals surface area contributed by atoms with E-state index in [1.165, 1.54) is 0 Å². The highest BCUT2D eigenvalue weighted by molar-refractivity contribution is 6.22. The molecule has 168 valence electrons. The first-order valence-corrected chi connectivity index (χ1v) is 10.7. The molecule has 3 aromatic carbocycles. The summed E-state index contributed by atoms with van der Waals surface area (Å²) in [5.74, 6) is 3.58. The van der Waals surface area contributed by atoms with Crippen LogP contribution in [0.4, 0.5) is 0 Å². The highest BCUT2D eigenvalue weighted by Crippen LogP contribution is 2.60. The van der Waals surface area contributed by atoms with Gasteiger partial charge >= 0.3 is 0 Å². The zero-order valence-electron chi connectivity index (χ0n) is 18.8. The lowest BCUT2D eigenvalue weighted by atomic mass is 9.81. The van der Waals surface area contributed by atoms with Gasteiger partial charge in [0.15, 0.2) is 0 Å². The zero-order chi connectivity index (χ0) is 22.8. The van der Waals surface area contributed by atoms with Crippen molar-refractivity contribution in [2.75, 3.05) is 35.5 Å². The molecule has 0 heterocycles. The van der Waals surface area contributed by atoms with Gasteiger partial charge in [0.2, 0.25) is 0 Å². The van der Waals surface area contributed by atoms with E-state index < -0.39 is 0 Å². The smallest absolute Gasteiger partial charge is 0.126 e. The molecule has 6 heteroatoms. The van der Waals surface area contributed by atoms with Crippen LogP contribution in [-0.2, 0) is 0 Å². The number of alkyl halides is 1. The van der Waals surface area contributed by atoms with Crippen LogP contribution in [0, 0.1) is 0 Å². The standard InChI is InChI=1S/C26H27ClO5/c1-28-17-8-6-15(7-9-17)24-23(16-10-18(29-2)12-19(11-16)30-3)25-21(26(24)27)13-20(31-4)14-22(25)32-5/h6-14,23-24,26H,1-5H3/t23-,24-,26-/m1/s1. The summed E-state index contributed by atoms with van der Waals surface area (Å²) in [7, 11) is 8.27.